The number of nitrogens with zero attached hydrogens (tertiary/aromatic N) is 1. The number of anilines is 1. The highest BCUT2D eigenvalue weighted by atomic mass is 19.1. The number of nitrogens with one attached hydrogen (secondary N) is 1. The molecule has 5 heteroatoms. The van der Waals surface area contributed by atoms with Gasteiger partial charge in [0.05, 0.1) is 12.1 Å². The van der Waals surface area contributed by atoms with Crippen LogP contribution in [0.3, 0.4) is 0 Å². The van der Waals surface area contributed by atoms with E-state index < -0.39 is 5.82 Å². The summed E-state index contributed by atoms with van der Waals surface area (Å²) in [5.74, 6) is 4.49. The van der Waals surface area contributed by atoms with E-state index in [1.807, 2.05) is 0 Å². The van der Waals surface area contributed by atoms with Gasteiger partial charge in [-0.2, -0.15) is 0 Å². The average molecular weight is 269 g/mol. The third-order valence-electron chi connectivity index (χ3n) is 2.49. The van der Waals surface area contributed by atoms with Crippen molar-refractivity contribution in [1.29, 1.82) is 0 Å². The quantitative estimate of drug-likeness (QED) is 0.817. The van der Waals surface area contributed by atoms with Gasteiger partial charge >= 0.3 is 0 Å². The smallest absolute Gasteiger partial charge is 0.256 e. The number of benzene rings is 1. The van der Waals surface area contributed by atoms with E-state index >= 15 is 0 Å². The maximum Gasteiger partial charge on any atom is 0.256 e. The summed E-state index contributed by atoms with van der Waals surface area (Å²) in [6, 6.07) is 7.14. The zero-order valence-corrected chi connectivity index (χ0v) is 10.6. The van der Waals surface area contributed by atoms with Crippen molar-refractivity contribution in [1.82, 2.24) is 4.98 Å². The number of carbonyl (C=O) groups excluding carboxylic acids is 1. The van der Waals surface area contributed by atoms with Gasteiger partial charge in [-0.15, -0.1) is 0 Å². The van der Waals surface area contributed by atoms with E-state index in [2.05, 4.69) is 22.1 Å². The van der Waals surface area contributed by atoms with Gasteiger partial charge in [-0.05, 0) is 30.3 Å². The topological polar surface area (TPSA) is 68.0 Å². The Hall–Kier alpha value is -2.71. The normalized spacial score (nSPS) is 9.50. The van der Waals surface area contributed by atoms with Crippen LogP contribution in [0.1, 0.15) is 15.9 Å². The highest BCUT2D eigenvalue weighted by molar-refractivity contribution is 6.05. The molecule has 0 aliphatic heterocycles. The Kier molecular flexibility index (Phi) is 4.43. The summed E-state index contributed by atoms with van der Waals surface area (Å²) < 4.78 is 13.2. The van der Waals surface area contributed by atoms with Gasteiger partial charge < -0.3 is 11.1 Å². The van der Waals surface area contributed by atoms with Crippen molar-refractivity contribution in [3.8, 4) is 11.8 Å². The lowest BCUT2D eigenvalue weighted by Gasteiger charge is -2.06. The van der Waals surface area contributed by atoms with Crippen molar-refractivity contribution in [3.63, 3.8) is 0 Å². The second-order valence-corrected chi connectivity index (χ2v) is 3.89. The summed E-state index contributed by atoms with van der Waals surface area (Å²) in [7, 11) is 0. The van der Waals surface area contributed by atoms with E-state index in [0.29, 0.717) is 16.8 Å². The van der Waals surface area contributed by atoms with E-state index in [9.17, 15) is 9.18 Å². The van der Waals surface area contributed by atoms with Gasteiger partial charge in [-0.1, -0.05) is 11.8 Å². The Balaban J connectivity index is 2.30. The molecule has 1 amide bonds. The molecule has 2 aromatic rings. The number of nitrogens with two attached hydrogens (primary N) is 1. The van der Waals surface area contributed by atoms with Crippen LogP contribution in [0.15, 0.2) is 42.7 Å². The summed E-state index contributed by atoms with van der Waals surface area (Å²) >= 11 is 0. The number of amides is 1. The summed E-state index contributed by atoms with van der Waals surface area (Å²) in [5, 5.41) is 2.69. The summed E-state index contributed by atoms with van der Waals surface area (Å²) in [6.07, 6.45) is 3.13. The Labute approximate surface area is 115 Å². The first-order valence-corrected chi connectivity index (χ1v) is 5.90. The second kappa shape index (κ2) is 6.45. The first kappa shape index (κ1) is 13.7. The minimum Gasteiger partial charge on any atom is -0.322 e. The fraction of sp³-hybridized carbons (Fsp3) is 0.0667. The molecular formula is C15H12FN3O. The molecule has 0 atom stereocenters. The van der Waals surface area contributed by atoms with E-state index in [1.165, 1.54) is 18.2 Å². The van der Waals surface area contributed by atoms with E-state index in [1.54, 1.807) is 24.5 Å². The molecule has 1 aromatic heterocycles. The van der Waals surface area contributed by atoms with Crippen molar-refractivity contribution in [3.05, 3.63) is 59.7 Å². The third-order valence-corrected chi connectivity index (χ3v) is 2.49. The molecule has 0 aliphatic carbocycles. The highest BCUT2D eigenvalue weighted by Gasteiger charge is 2.11. The molecule has 100 valence electrons. The summed E-state index contributed by atoms with van der Waals surface area (Å²) in [5.41, 5.74) is 6.50. The average Bonchev–Trinajstić information content (AvgIpc) is 2.46. The Morgan fingerprint density at radius 2 is 2.05 bits per heavy atom. The monoisotopic (exact) mass is 269 g/mol. The number of pyridine rings is 1. The van der Waals surface area contributed by atoms with E-state index in [-0.39, 0.29) is 12.5 Å². The van der Waals surface area contributed by atoms with Crippen LogP contribution in [0.25, 0.3) is 0 Å². The van der Waals surface area contributed by atoms with Crippen molar-refractivity contribution >= 4 is 11.6 Å². The lowest BCUT2D eigenvalue weighted by atomic mass is 10.1. The van der Waals surface area contributed by atoms with Crippen LogP contribution in [0, 0.1) is 17.7 Å². The molecule has 0 aliphatic rings. The number of aromatic nitrogens is 1. The molecule has 0 saturated carbocycles. The molecule has 0 unspecified atom stereocenters. The zero-order valence-electron chi connectivity index (χ0n) is 10.6. The van der Waals surface area contributed by atoms with Crippen LogP contribution in [0.4, 0.5) is 10.1 Å². The molecule has 1 heterocycles. The minimum absolute atomic E-state index is 0.141. The van der Waals surface area contributed by atoms with E-state index in [0.717, 1.165) is 0 Å². The molecule has 0 spiro atoms. The summed E-state index contributed by atoms with van der Waals surface area (Å²) in [4.78, 5) is 16.0. The van der Waals surface area contributed by atoms with Crippen LogP contribution >= 0.6 is 0 Å². The molecule has 0 fully saturated rings. The molecule has 0 radical (unpaired) electrons. The van der Waals surface area contributed by atoms with Crippen LogP contribution < -0.4 is 11.1 Å². The van der Waals surface area contributed by atoms with Crippen molar-refractivity contribution in [2.24, 2.45) is 5.73 Å². The van der Waals surface area contributed by atoms with Crippen LogP contribution in [-0.2, 0) is 0 Å². The number of carbonyl (C=O) groups is 1. The number of halogens is 1. The van der Waals surface area contributed by atoms with Gasteiger partial charge in [0.25, 0.3) is 5.91 Å². The number of hydrogen-bond donors (Lipinski definition) is 2. The predicted molar refractivity (Wildman–Crippen MR) is 74.5 cm³/mol. The first-order valence-electron chi connectivity index (χ1n) is 5.90. The van der Waals surface area contributed by atoms with Gasteiger partial charge in [0.2, 0.25) is 0 Å². The van der Waals surface area contributed by atoms with Crippen LogP contribution in [0.2, 0.25) is 0 Å². The number of hydrogen-bond acceptors (Lipinski definition) is 3. The SMILES string of the molecule is NCC#Cc1cc(F)ccc1C(=O)Nc1ccncc1. The molecule has 2 rings (SSSR count). The predicted octanol–water partition coefficient (Wildman–Crippen LogP) is 1.78. The van der Waals surface area contributed by atoms with Gasteiger partial charge in [0, 0.05) is 23.6 Å². The van der Waals surface area contributed by atoms with Crippen molar-refractivity contribution in [2.45, 2.75) is 0 Å². The largest absolute Gasteiger partial charge is 0.322 e. The molecule has 4 nitrogen and oxygen atoms in total. The molecule has 3 N–H and O–H groups in total. The van der Waals surface area contributed by atoms with Gasteiger partial charge in [0.1, 0.15) is 5.82 Å². The summed E-state index contributed by atoms with van der Waals surface area (Å²) in [6.45, 7) is 0.141. The maximum atomic E-state index is 13.2. The van der Waals surface area contributed by atoms with E-state index in [4.69, 9.17) is 5.73 Å². The van der Waals surface area contributed by atoms with Crippen molar-refractivity contribution in [2.75, 3.05) is 11.9 Å². The standard InChI is InChI=1S/C15H12FN3O/c16-12-3-4-14(11(10-12)2-1-7-17)15(20)19-13-5-8-18-9-6-13/h3-6,8-10H,7,17H2,(H,18,19,20). The van der Waals surface area contributed by atoms with Crippen molar-refractivity contribution < 1.29 is 9.18 Å². The maximum absolute atomic E-state index is 13.2. The zero-order chi connectivity index (χ0) is 14.4. The van der Waals surface area contributed by atoms with Gasteiger partial charge in [-0.25, -0.2) is 4.39 Å². The lowest BCUT2D eigenvalue weighted by molar-refractivity contribution is 0.102. The third kappa shape index (κ3) is 3.40. The van der Waals surface area contributed by atoms with Gasteiger partial charge in [-0.3, -0.25) is 9.78 Å². The fourth-order valence-corrected chi connectivity index (χ4v) is 1.60. The minimum atomic E-state index is -0.452. The first-order chi connectivity index (χ1) is 9.70. The van der Waals surface area contributed by atoms with Crippen LogP contribution in [0.5, 0.6) is 0 Å². The molecule has 20 heavy (non-hydrogen) atoms. The molecule has 0 saturated heterocycles. The second-order valence-electron chi connectivity index (χ2n) is 3.89. The number of rotatable bonds is 2. The lowest BCUT2D eigenvalue weighted by Crippen LogP contribution is -2.13. The van der Waals surface area contributed by atoms with Crippen LogP contribution in [-0.4, -0.2) is 17.4 Å². The Morgan fingerprint density at radius 3 is 2.75 bits per heavy atom. The molecular weight excluding hydrogens is 257 g/mol. The fourth-order valence-electron chi connectivity index (χ4n) is 1.60. The molecule has 1 aromatic carbocycles. The Bertz CT molecular complexity index is 675. The van der Waals surface area contributed by atoms with Gasteiger partial charge in [0.15, 0.2) is 0 Å². The Morgan fingerprint density at radius 1 is 1.30 bits per heavy atom. The molecule has 0 bridgehead atoms. The highest BCUT2D eigenvalue weighted by Crippen LogP contribution is 2.13.